The van der Waals surface area contributed by atoms with Crippen LogP contribution in [0, 0.1) is 14.9 Å². The summed E-state index contributed by atoms with van der Waals surface area (Å²) in [6, 6.07) is 10.6. The number of hydrogen-bond donors (Lipinski definition) is 1. The van der Waals surface area contributed by atoms with Gasteiger partial charge in [-0.05, 0) is 58.0 Å². The fraction of sp³-hybridized carbons (Fsp3) is 0.167. The predicted octanol–water partition coefficient (Wildman–Crippen LogP) is 4.55. The Hall–Kier alpha value is -2.02. The standard InChI is InChI=1S/C18H14Cl2IN3O3/c1-26-16-8-12(9-23-24-17(25)4-5-22)7-15(21)18(16)27-10-11-2-3-13(19)14(20)6-11/h2-3,6-9H,4,10H2,1H3,(H,24,25)/b23-9+. The molecule has 0 radical (unpaired) electrons. The van der Waals surface area contributed by atoms with Gasteiger partial charge in [0.25, 0.3) is 5.91 Å². The highest BCUT2D eigenvalue weighted by Crippen LogP contribution is 2.34. The van der Waals surface area contributed by atoms with Gasteiger partial charge in [-0.15, -0.1) is 0 Å². The second kappa shape index (κ2) is 10.3. The van der Waals surface area contributed by atoms with Crippen molar-refractivity contribution in [1.82, 2.24) is 5.43 Å². The molecule has 0 saturated carbocycles. The number of carbonyl (C=O) groups excluding carboxylic acids is 1. The number of carbonyl (C=O) groups is 1. The normalized spacial score (nSPS) is 10.5. The maximum Gasteiger partial charge on any atom is 0.254 e. The minimum Gasteiger partial charge on any atom is -0.493 e. The average molecular weight is 518 g/mol. The Bertz CT molecular complexity index is 913. The maximum atomic E-state index is 11.2. The van der Waals surface area contributed by atoms with Crippen molar-refractivity contribution in [2.75, 3.05) is 7.11 Å². The smallest absolute Gasteiger partial charge is 0.254 e. The lowest BCUT2D eigenvalue weighted by Crippen LogP contribution is -2.16. The summed E-state index contributed by atoms with van der Waals surface area (Å²) in [4.78, 5) is 11.2. The molecular formula is C18H14Cl2IN3O3. The molecule has 0 aliphatic carbocycles. The zero-order chi connectivity index (χ0) is 19.8. The first-order valence-electron chi connectivity index (χ1n) is 7.57. The molecule has 0 atom stereocenters. The number of benzene rings is 2. The molecular weight excluding hydrogens is 504 g/mol. The van der Waals surface area contributed by atoms with Crippen LogP contribution in [-0.4, -0.2) is 19.2 Å². The van der Waals surface area contributed by atoms with E-state index in [2.05, 4.69) is 33.1 Å². The molecule has 2 aromatic rings. The van der Waals surface area contributed by atoms with Crippen LogP contribution in [0.25, 0.3) is 0 Å². The van der Waals surface area contributed by atoms with Crippen LogP contribution in [0.4, 0.5) is 0 Å². The van der Waals surface area contributed by atoms with Gasteiger partial charge in [0, 0.05) is 0 Å². The molecule has 9 heteroatoms. The lowest BCUT2D eigenvalue weighted by molar-refractivity contribution is -0.120. The minimum atomic E-state index is -0.475. The maximum absolute atomic E-state index is 11.2. The Kier molecular flexibility index (Phi) is 8.16. The highest BCUT2D eigenvalue weighted by molar-refractivity contribution is 14.1. The van der Waals surface area contributed by atoms with E-state index in [9.17, 15) is 4.79 Å². The van der Waals surface area contributed by atoms with E-state index in [1.54, 1.807) is 24.3 Å². The number of hydrazone groups is 1. The number of nitrogens with zero attached hydrogens (tertiary/aromatic N) is 2. The van der Waals surface area contributed by atoms with Crippen LogP contribution in [0.1, 0.15) is 17.5 Å². The Labute approximate surface area is 180 Å². The van der Waals surface area contributed by atoms with Gasteiger partial charge in [-0.25, -0.2) is 5.43 Å². The zero-order valence-electron chi connectivity index (χ0n) is 14.1. The fourth-order valence-corrected chi connectivity index (χ4v) is 3.13. The Morgan fingerprint density at radius 3 is 2.78 bits per heavy atom. The summed E-state index contributed by atoms with van der Waals surface area (Å²) >= 11 is 14.1. The Morgan fingerprint density at radius 2 is 2.11 bits per heavy atom. The van der Waals surface area contributed by atoms with Crippen LogP contribution < -0.4 is 14.9 Å². The lowest BCUT2D eigenvalue weighted by atomic mass is 10.2. The first-order chi connectivity index (χ1) is 12.9. The van der Waals surface area contributed by atoms with Gasteiger partial charge in [0.2, 0.25) is 0 Å². The first kappa shape index (κ1) is 21.3. The molecule has 2 aromatic carbocycles. The van der Waals surface area contributed by atoms with Gasteiger partial charge in [-0.2, -0.15) is 10.4 Å². The molecule has 0 unspecified atom stereocenters. The molecule has 1 amide bonds. The van der Waals surface area contributed by atoms with Gasteiger partial charge in [0.1, 0.15) is 13.0 Å². The Morgan fingerprint density at radius 1 is 1.33 bits per heavy atom. The SMILES string of the molecule is COc1cc(/C=N/NC(=O)CC#N)cc(I)c1OCc1ccc(Cl)c(Cl)c1. The third-order valence-corrected chi connectivity index (χ3v) is 4.80. The number of rotatable bonds is 7. The molecule has 0 spiro atoms. The molecule has 0 fully saturated rings. The van der Waals surface area contributed by atoms with Crippen molar-refractivity contribution in [1.29, 1.82) is 5.26 Å². The largest absolute Gasteiger partial charge is 0.493 e. The highest BCUT2D eigenvalue weighted by atomic mass is 127. The molecule has 27 heavy (non-hydrogen) atoms. The Balaban J connectivity index is 2.13. The molecule has 6 nitrogen and oxygen atoms in total. The van der Waals surface area contributed by atoms with Crippen molar-refractivity contribution >= 4 is 57.9 Å². The molecule has 0 aromatic heterocycles. The molecule has 140 valence electrons. The van der Waals surface area contributed by atoms with E-state index in [-0.39, 0.29) is 6.42 Å². The van der Waals surface area contributed by atoms with E-state index in [4.69, 9.17) is 37.9 Å². The fourth-order valence-electron chi connectivity index (χ4n) is 2.03. The quantitative estimate of drug-likeness (QED) is 0.332. The number of amides is 1. The van der Waals surface area contributed by atoms with Crippen LogP contribution >= 0.6 is 45.8 Å². The molecule has 2 rings (SSSR count). The van der Waals surface area contributed by atoms with E-state index in [0.717, 1.165) is 9.13 Å². The van der Waals surface area contributed by atoms with Crippen LogP contribution in [0.2, 0.25) is 10.0 Å². The molecule has 0 bridgehead atoms. The molecule has 1 N–H and O–H groups in total. The number of nitrogens with one attached hydrogen (secondary N) is 1. The summed E-state index contributed by atoms with van der Waals surface area (Å²) in [5.74, 6) is 0.624. The number of hydrogen-bond acceptors (Lipinski definition) is 5. The highest BCUT2D eigenvalue weighted by Gasteiger charge is 2.12. The summed E-state index contributed by atoms with van der Waals surface area (Å²) in [6.45, 7) is 0.293. The van der Waals surface area contributed by atoms with E-state index < -0.39 is 5.91 Å². The van der Waals surface area contributed by atoms with Crippen LogP contribution in [0.3, 0.4) is 0 Å². The van der Waals surface area contributed by atoms with Gasteiger partial charge in [-0.3, -0.25) is 4.79 Å². The van der Waals surface area contributed by atoms with E-state index in [0.29, 0.717) is 33.7 Å². The van der Waals surface area contributed by atoms with Crippen molar-refractivity contribution in [2.24, 2.45) is 5.10 Å². The molecule has 0 saturated heterocycles. The van der Waals surface area contributed by atoms with Crippen molar-refractivity contribution < 1.29 is 14.3 Å². The second-order valence-electron chi connectivity index (χ2n) is 5.20. The van der Waals surface area contributed by atoms with Crippen molar-refractivity contribution in [3.63, 3.8) is 0 Å². The van der Waals surface area contributed by atoms with Crippen molar-refractivity contribution in [3.8, 4) is 17.6 Å². The van der Waals surface area contributed by atoms with Crippen molar-refractivity contribution in [2.45, 2.75) is 13.0 Å². The van der Waals surface area contributed by atoms with Gasteiger partial charge in [0.15, 0.2) is 11.5 Å². The van der Waals surface area contributed by atoms with Crippen LogP contribution in [0.15, 0.2) is 35.4 Å². The third-order valence-electron chi connectivity index (χ3n) is 3.26. The van der Waals surface area contributed by atoms with Gasteiger partial charge < -0.3 is 9.47 Å². The third kappa shape index (κ3) is 6.27. The number of halogens is 3. The molecule has 0 heterocycles. The van der Waals surface area contributed by atoms with E-state index in [1.807, 2.05) is 12.1 Å². The molecule has 0 aliphatic heterocycles. The van der Waals surface area contributed by atoms with Gasteiger partial charge >= 0.3 is 0 Å². The van der Waals surface area contributed by atoms with Crippen LogP contribution in [-0.2, 0) is 11.4 Å². The number of ether oxygens (including phenoxy) is 2. The van der Waals surface area contributed by atoms with Crippen LogP contribution in [0.5, 0.6) is 11.5 Å². The summed E-state index contributed by atoms with van der Waals surface area (Å²) in [5.41, 5.74) is 3.84. The van der Waals surface area contributed by atoms with Gasteiger partial charge in [0.05, 0.1) is 33.0 Å². The number of nitriles is 1. The summed E-state index contributed by atoms with van der Waals surface area (Å²) in [7, 11) is 1.53. The monoisotopic (exact) mass is 517 g/mol. The zero-order valence-corrected chi connectivity index (χ0v) is 17.8. The van der Waals surface area contributed by atoms with E-state index in [1.165, 1.54) is 13.3 Å². The first-order valence-corrected chi connectivity index (χ1v) is 9.41. The average Bonchev–Trinajstić information content (AvgIpc) is 2.63. The van der Waals surface area contributed by atoms with Crippen molar-refractivity contribution in [3.05, 3.63) is 55.1 Å². The van der Waals surface area contributed by atoms with Gasteiger partial charge in [-0.1, -0.05) is 29.3 Å². The summed E-state index contributed by atoms with van der Waals surface area (Å²) < 4.78 is 12.1. The minimum absolute atomic E-state index is 0.250. The second-order valence-corrected chi connectivity index (χ2v) is 7.18. The van der Waals surface area contributed by atoms with E-state index >= 15 is 0 Å². The summed E-state index contributed by atoms with van der Waals surface area (Å²) in [5, 5.41) is 13.2. The lowest BCUT2D eigenvalue weighted by Gasteiger charge is -2.14. The predicted molar refractivity (Wildman–Crippen MR) is 112 cm³/mol. The number of methoxy groups -OCH3 is 1. The molecule has 0 aliphatic rings. The topological polar surface area (TPSA) is 83.7 Å². The summed E-state index contributed by atoms with van der Waals surface area (Å²) in [6.07, 6.45) is 1.21.